The van der Waals surface area contributed by atoms with E-state index < -0.39 is 0 Å². The van der Waals surface area contributed by atoms with Gasteiger partial charge in [-0.05, 0) is 63.8 Å². The zero-order valence-electron chi connectivity index (χ0n) is 20.5. The van der Waals surface area contributed by atoms with Crippen molar-refractivity contribution in [1.82, 2.24) is 14.8 Å². The Labute approximate surface area is 201 Å². The Hall–Kier alpha value is -2.80. The van der Waals surface area contributed by atoms with Gasteiger partial charge in [-0.3, -0.25) is 4.79 Å². The predicted molar refractivity (Wildman–Crippen MR) is 135 cm³/mol. The Kier molecular flexibility index (Phi) is 8.19. The summed E-state index contributed by atoms with van der Waals surface area (Å²) in [5, 5.41) is 12.3. The fraction of sp³-hybridized carbons (Fsp3) is 0.423. The summed E-state index contributed by atoms with van der Waals surface area (Å²) in [5.74, 6) is 1.90. The number of ether oxygens (including phenoxy) is 1. The standard InChI is InChI=1S/C26H34N4O2S/c1-16(2)21-13-9-11-15-23(21)32-19(6)24-28-29-26(30(24)17(3)4)33-20(7)25(31)27-22-14-10-8-12-18(22)5/h8-17,19-20H,1-7H3,(H,27,31). The molecule has 2 unspecified atom stereocenters. The third kappa shape index (κ3) is 5.96. The van der Waals surface area contributed by atoms with Gasteiger partial charge < -0.3 is 14.6 Å². The smallest absolute Gasteiger partial charge is 0.237 e. The quantitative estimate of drug-likeness (QED) is 0.362. The molecule has 0 saturated heterocycles. The number of aromatic nitrogens is 3. The Morgan fingerprint density at radius 1 is 0.970 bits per heavy atom. The molecule has 7 heteroatoms. The highest BCUT2D eigenvalue weighted by Crippen LogP contribution is 2.33. The molecule has 1 amide bonds. The number of para-hydroxylation sites is 2. The number of anilines is 1. The first-order valence-electron chi connectivity index (χ1n) is 11.4. The van der Waals surface area contributed by atoms with Crippen molar-refractivity contribution in [2.45, 2.75) is 76.9 Å². The average molecular weight is 467 g/mol. The second-order valence-electron chi connectivity index (χ2n) is 8.82. The number of aryl methyl sites for hydroxylation is 1. The summed E-state index contributed by atoms with van der Waals surface area (Å²) in [6.07, 6.45) is -0.287. The van der Waals surface area contributed by atoms with Gasteiger partial charge >= 0.3 is 0 Å². The van der Waals surface area contributed by atoms with Crippen LogP contribution in [0.2, 0.25) is 0 Å². The largest absolute Gasteiger partial charge is 0.482 e. The second kappa shape index (κ2) is 10.9. The van der Waals surface area contributed by atoms with Crippen LogP contribution in [0.15, 0.2) is 53.7 Å². The van der Waals surface area contributed by atoms with Crippen LogP contribution < -0.4 is 10.1 Å². The van der Waals surface area contributed by atoms with E-state index in [4.69, 9.17) is 4.74 Å². The summed E-state index contributed by atoms with van der Waals surface area (Å²) in [6.45, 7) is 14.3. The van der Waals surface area contributed by atoms with Crippen molar-refractivity contribution in [3.05, 3.63) is 65.5 Å². The summed E-state index contributed by atoms with van der Waals surface area (Å²) in [4.78, 5) is 12.8. The molecule has 33 heavy (non-hydrogen) atoms. The van der Waals surface area contributed by atoms with Gasteiger partial charge in [0.25, 0.3) is 0 Å². The van der Waals surface area contributed by atoms with Crippen LogP contribution in [0.25, 0.3) is 0 Å². The van der Waals surface area contributed by atoms with Crippen LogP contribution >= 0.6 is 11.8 Å². The van der Waals surface area contributed by atoms with Crippen molar-refractivity contribution < 1.29 is 9.53 Å². The van der Waals surface area contributed by atoms with Gasteiger partial charge in [-0.25, -0.2) is 0 Å². The Balaban J connectivity index is 1.78. The first-order chi connectivity index (χ1) is 15.7. The zero-order valence-corrected chi connectivity index (χ0v) is 21.3. The van der Waals surface area contributed by atoms with E-state index in [1.54, 1.807) is 0 Å². The van der Waals surface area contributed by atoms with E-state index in [2.05, 4.69) is 53.8 Å². The lowest BCUT2D eigenvalue weighted by molar-refractivity contribution is -0.115. The molecule has 0 bridgehead atoms. The van der Waals surface area contributed by atoms with Crippen molar-refractivity contribution in [3.8, 4) is 5.75 Å². The number of carbonyl (C=O) groups is 1. The highest BCUT2D eigenvalue weighted by molar-refractivity contribution is 8.00. The monoisotopic (exact) mass is 466 g/mol. The molecule has 1 heterocycles. The number of nitrogens with zero attached hydrogens (tertiary/aromatic N) is 3. The molecular weight excluding hydrogens is 432 g/mol. The van der Waals surface area contributed by atoms with Gasteiger partial charge in [0, 0.05) is 11.7 Å². The maximum atomic E-state index is 12.8. The number of amides is 1. The van der Waals surface area contributed by atoms with Gasteiger partial charge in [0.15, 0.2) is 17.1 Å². The Morgan fingerprint density at radius 3 is 2.30 bits per heavy atom. The van der Waals surface area contributed by atoms with E-state index in [0.29, 0.717) is 11.1 Å². The molecule has 2 atom stereocenters. The minimum Gasteiger partial charge on any atom is -0.482 e. The normalized spacial score (nSPS) is 13.2. The molecule has 0 aliphatic carbocycles. The lowest BCUT2D eigenvalue weighted by atomic mass is 10.0. The van der Waals surface area contributed by atoms with Crippen molar-refractivity contribution in [2.24, 2.45) is 0 Å². The van der Waals surface area contributed by atoms with E-state index in [1.165, 1.54) is 11.8 Å². The lowest BCUT2D eigenvalue weighted by Gasteiger charge is -2.21. The highest BCUT2D eigenvalue weighted by Gasteiger charge is 2.25. The SMILES string of the molecule is Cc1ccccc1NC(=O)C(C)Sc1nnc(C(C)Oc2ccccc2C(C)C)n1C(C)C. The van der Waals surface area contributed by atoms with Crippen LogP contribution in [0, 0.1) is 6.92 Å². The second-order valence-corrected chi connectivity index (χ2v) is 10.1. The van der Waals surface area contributed by atoms with Gasteiger partial charge in [0.2, 0.25) is 5.91 Å². The molecule has 2 aromatic carbocycles. The number of benzene rings is 2. The summed E-state index contributed by atoms with van der Waals surface area (Å²) in [6, 6.07) is 16.0. The molecule has 0 saturated carbocycles. The van der Waals surface area contributed by atoms with Crippen molar-refractivity contribution in [2.75, 3.05) is 5.32 Å². The maximum Gasteiger partial charge on any atom is 0.237 e. The summed E-state index contributed by atoms with van der Waals surface area (Å²) < 4.78 is 8.39. The summed E-state index contributed by atoms with van der Waals surface area (Å²) in [5.41, 5.74) is 3.02. The molecule has 6 nitrogen and oxygen atoms in total. The Bertz CT molecular complexity index is 1090. The minimum atomic E-state index is -0.336. The number of hydrogen-bond donors (Lipinski definition) is 1. The van der Waals surface area contributed by atoms with E-state index in [1.807, 2.05) is 63.2 Å². The third-order valence-corrected chi connectivity index (χ3v) is 6.53. The molecule has 1 N–H and O–H groups in total. The van der Waals surface area contributed by atoms with E-state index in [9.17, 15) is 4.79 Å². The van der Waals surface area contributed by atoms with Crippen LogP contribution in [-0.2, 0) is 4.79 Å². The Morgan fingerprint density at radius 2 is 1.64 bits per heavy atom. The summed E-state index contributed by atoms with van der Waals surface area (Å²) in [7, 11) is 0. The van der Waals surface area contributed by atoms with Crippen LogP contribution in [0.4, 0.5) is 5.69 Å². The zero-order chi connectivity index (χ0) is 24.1. The molecule has 3 rings (SSSR count). The summed E-state index contributed by atoms with van der Waals surface area (Å²) >= 11 is 1.41. The molecule has 0 spiro atoms. The van der Waals surface area contributed by atoms with E-state index >= 15 is 0 Å². The molecule has 176 valence electrons. The molecule has 0 fully saturated rings. The number of hydrogen-bond acceptors (Lipinski definition) is 5. The van der Waals surface area contributed by atoms with E-state index in [0.717, 1.165) is 28.4 Å². The van der Waals surface area contributed by atoms with Crippen LogP contribution in [-0.4, -0.2) is 25.9 Å². The first kappa shape index (κ1) is 24.8. The molecular formula is C26H34N4O2S. The average Bonchev–Trinajstić information content (AvgIpc) is 3.19. The van der Waals surface area contributed by atoms with E-state index in [-0.39, 0.29) is 23.3 Å². The molecule has 3 aromatic rings. The number of rotatable bonds is 9. The third-order valence-electron chi connectivity index (χ3n) is 5.47. The van der Waals surface area contributed by atoms with Crippen molar-refractivity contribution in [1.29, 1.82) is 0 Å². The van der Waals surface area contributed by atoms with Gasteiger partial charge in [-0.15, -0.1) is 10.2 Å². The number of carbonyl (C=O) groups excluding carboxylic acids is 1. The maximum absolute atomic E-state index is 12.8. The van der Waals surface area contributed by atoms with Crippen LogP contribution in [0.1, 0.15) is 76.6 Å². The predicted octanol–water partition coefficient (Wildman–Crippen LogP) is 6.55. The van der Waals surface area contributed by atoms with Gasteiger partial charge in [0.05, 0.1) is 5.25 Å². The van der Waals surface area contributed by atoms with Crippen LogP contribution in [0.3, 0.4) is 0 Å². The molecule has 0 aliphatic rings. The number of thioether (sulfide) groups is 1. The van der Waals surface area contributed by atoms with Crippen molar-refractivity contribution in [3.63, 3.8) is 0 Å². The van der Waals surface area contributed by atoms with Gasteiger partial charge in [0.1, 0.15) is 5.75 Å². The topological polar surface area (TPSA) is 69.0 Å². The van der Waals surface area contributed by atoms with Gasteiger partial charge in [-0.1, -0.05) is 62.0 Å². The molecule has 1 aromatic heterocycles. The van der Waals surface area contributed by atoms with Gasteiger partial charge in [-0.2, -0.15) is 0 Å². The van der Waals surface area contributed by atoms with Crippen LogP contribution in [0.5, 0.6) is 5.75 Å². The number of nitrogens with one attached hydrogen (secondary N) is 1. The fourth-order valence-corrected chi connectivity index (χ4v) is 4.59. The van der Waals surface area contributed by atoms with Crippen molar-refractivity contribution >= 4 is 23.4 Å². The first-order valence-corrected chi connectivity index (χ1v) is 12.3. The fourth-order valence-electron chi connectivity index (χ4n) is 3.60. The lowest BCUT2D eigenvalue weighted by Crippen LogP contribution is -2.23. The minimum absolute atomic E-state index is 0.0654. The highest BCUT2D eigenvalue weighted by atomic mass is 32.2. The molecule has 0 radical (unpaired) electrons. The molecule has 0 aliphatic heterocycles.